The van der Waals surface area contributed by atoms with Gasteiger partial charge in [-0.1, -0.05) is 29.8 Å². The molecule has 0 radical (unpaired) electrons. The SMILES string of the molecule is Clc1ccc2ncc(-c3cccc(COC4CCNCC4)c3)n2n1. The maximum absolute atomic E-state index is 6.05. The molecule has 2 aromatic heterocycles. The standard InChI is InChI=1S/C18H19ClN4O/c19-17-4-5-18-21-11-16(23(18)22-17)14-3-1-2-13(10-14)12-24-15-6-8-20-9-7-15/h1-5,10-11,15,20H,6-9,12H2. The Kier molecular flexibility index (Phi) is 4.47. The molecular formula is C18H19ClN4O. The largest absolute Gasteiger partial charge is 0.373 e. The highest BCUT2D eigenvalue weighted by Gasteiger charge is 2.14. The number of nitrogens with zero attached hydrogens (tertiary/aromatic N) is 3. The summed E-state index contributed by atoms with van der Waals surface area (Å²) in [7, 11) is 0. The van der Waals surface area contributed by atoms with Gasteiger partial charge in [-0.2, -0.15) is 5.10 Å². The first-order valence-electron chi connectivity index (χ1n) is 8.21. The maximum Gasteiger partial charge on any atom is 0.154 e. The minimum Gasteiger partial charge on any atom is -0.373 e. The van der Waals surface area contributed by atoms with E-state index in [2.05, 4.69) is 33.6 Å². The smallest absolute Gasteiger partial charge is 0.154 e. The second-order valence-electron chi connectivity index (χ2n) is 6.03. The van der Waals surface area contributed by atoms with Gasteiger partial charge in [0.05, 0.1) is 24.6 Å². The first-order chi connectivity index (χ1) is 11.8. The molecule has 0 amide bonds. The summed E-state index contributed by atoms with van der Waals surface area (Å²) in [5.74, 6) is 0. The number of imidazole rings is 1. The molecule has 0 aliphatic carbocycles. The van der Waals surface area contributed by atoms with Crippen molar-refractivity contribution >= 4 is 17.2 Å². The second kappa shape index (κ2) is 6.89. The van der Waals surface area contributed by atoms with Gasteiger partial charge in [-0.3, -0.25) is 0 Å². The van der Waals surface area contributed by atoms with Gasteiger partial charge in [-0.25, -0.2) is 9.50 Å². The number of nitrogens with one attached hydrogen (secondary N) is 1. The van der Waals surface area contributed by atoms with Crippen molar-refractivity contribution in [3.05, 3.63) is 53.3 Å². The number of benzene rings is 1. The maximum atomic E-state index is 6.05. The molecule has 1 fully saturated rings. The van der Waals surface area contributed by atoms with Crippen molar-refractivity contribution in [2.24, 2.45) is 0 Å². The highest BCUT2D eigenvalue weighted by Crippen LogP contribution is 2.23. The monoisotopic (exact) mass is 342 g/mol. The zero-order valence-electron chi connectivity index (χ0n) is 13.3. The number of ether oxygens (including phenoxy) is 1. The van der Waals surface area contributed by atoms with E-state index in [1.54, 1.807) is 10.6 Å². The first kappa shape index (κ1) is 15.6. The lowest BCUT2D eigenvalue weighted by atomic mass is 10.1. The van der Waals surface area contributed by atoms with Crippen LogP contribution in [0.3, 0.4) is 0 Å². The summed E-state index contributed by atoms with van der Waals surface area (Å²) in [6.07, 6.45) is 4.34. The Morgan fingerprint density at radius 3 is 2.96 bits per heavy atom. The second-order valence-corrected chi connectivity index (χ2v) is 6.42. The lowest BCUT2D eigenvalue weighted by Gasteiger charge is -2.23. The summed E-state index contributed by atoms with van der Waals surface area (Å²) in [4.78, 5) is 4.39. The molecule has 3 heterocycles. The molecule has 0 saturated carbocycles. The number of hydrogen-bond acceptors (Lipinski definition) is 4. The van der Waals surface area contributed by atoms with Crippen LogP contribution in [-0.2, 0) is 11.3 Å². The van der Waals surface area contributed by atoms with E-state index >= 15 is 0 Å². The fraction of sp³-hybridized carbons (Fsp3) is 0.333. The minimum absolute atomic E-state index is 0.353. The van der Waals surface area contributed by atoms with Crippen molar-refractivity contribution < 1.29 is 4.74 Å². The third kappa shape index (κ3) is 3.29. The molecule has 1 aliphatic heterocycles. The zero-order chi connectivity index (χ0) is 16.4. The number of piperidine rings is 1. The van der Waals surface area contributed by atoms with E-state index in [0.717, 1.165) is 48.4 Å². The summed E-state index contributed by atoms with van der Waals surface area (Å²) in [5.41, 5.74) is 3.92. The van der Waals surface area contributed by atoms with Gasteiger partial charge in [0, 0.05) is 5.56 Å². The van der Waals surface area contributed by atoms with Crippen molar-refractivity contribution in [1.29, 1.82) is 0 Å². The summed E-state index contributed by atoms with van der Waals surface area (Å²) < 4.78 is 7.82. The Morgan fingerprint density at radius 1 is 1.21 bits per heavy atom. The Balaban J connectivity index is 1.56. The van der Waals surface area contributed by atoms with Gasteiger partial charge in [-0.15, -0.1) is 0 Å². The van der Waals surface area contributed by atoms with Gasteiger partial charge in [-0.05, 0) is 49.7 Å². The average Bonchev–Trinajstić information content (AvgIpc) is 3.04. The van der Waals surface area contributed by atoms with Gasteiger partial charge in [0.1, 0.15) is 5.15 Å². The molecule has 0 atom stereocenters. The molecule has 0 bridgehead atoms. The van der Waals surface area contributed by atoms with Crippen LogP contribution < -0.4 is 5.32 Å². The summed E-state index contributed by atoms with van der Waals surface area (Å²) in [6, 6.07) is 11.9. The van der Waals surface area contributed by atoms with E-state index in [4.69, 9.17) is 16.3 Å². The highest BCUT2D eigenvalue weighted by atomic mass is 35.5. The van der Waals surface area contributed by atoms with Crippen LogP contribution in [0, 0.1) is 0 Å². The van der Waals surface area contributed by atoms with Crippen molar-refractivity contribution in [2.75, 3.05) is 13.1 Å². The summed E-state index contributed by atoms with van der Waals surface area (Å²) in [5, 5.41) is 8.15. The molecule has 0 unspecified atom stereocenters. The fourth-order valence-electron chi connectivity index (χ4n) is 3.04. The summed E-state index contributed by atoms with van der Waals surface area (Å²) >= 11 is 6.02. The molecular weight excluding hydrogens is 324 g/mol. The quantitative estimate of drug-likeness (QED) is 0.790. The molecule has 1 saturated heterocycles. The van der Waals surface area contributed by atoms with E-state index in [9.17, 15) is 0 Å². The Hall–Kier alpha value is -1.95. The third-order valence-electron chi connectivity index (χ3n) is 4.32. The van der Waals surface area contributed by atoms with Crippen LogP contribution in [0.5, 0.6) is 0 Å². The number of rotatable bonds is 4. The van der Waals surface area contributed by atoms with E-state index in [1.165, 1.54) is 0 Å². The van der Waals surface area contributed by atoms with Crippen LogP contribution in [0.15, 0.2) is 42.6 Å². The molecule has 1 aromatic carbocycles. The topological polar surface area (TPSA) is 51.5 Å². The van der Waals surface area contributed by atoms with Crippen LogP contribution in [0.4, 0.5) is 0 Å². The Morgan fingerprint density at radius 2 is 2.08 bits per heavy atom. The lowest BCUT2D eigenvalue weighted by molar-refractivity contribution is 0.0212. The van der Waals surface area contributed by atoms with Crippen molar-refractivity contribution in [3.63, 3.8) is 0 Å². The molecule has 0 spiro atoms. The molecule has 1 N–H and O–H groups in total. The Labute approximate surface area is 145 Å². The van der Waals surface area contributed by atoms with Gasteiger partial charge >= 0.3 is 0 Å². The first-order valence-corrected chi connectivity index (χ1v) is 8.59. The molecule has 4 rings (SSSR count). The minimum atomic E-state index is 0.353. The van der Waals surface area contributed by atoms with Gasteiger partial charge < -0.3 is 10.1 Å². The van der Waals surface area contributed by atoms with Gasteiger partial charge in [0.2, 0.25) is 0 Å². The Bertz CT molecular complexity index is 842. The third-order valence-corrected chi connectivity index (χ3v) is 4.53. The van der Waals surface area contributed by atoms with Crippen LogP contribution in [0.2, 0.25) is 5.15 Å². The van der Waals surface area contributed by atoms with E-state index in [-0.39, 0.29) is 0 Å². The fourth-order valence-corrected chi connectivity index (χ4v) is 3.18. The van der Waals surface area contributed by atoms with Crippen molar-refractivity contribution in [1.82, 2.24) is 19.9 Å². The zero-order valence-corrected chi connectivity index (χ0v) is 14.0. The molecule has 5 nitrogen and oxygen atoms in total. The van der Waals surface area contributed by atoms with E-state index in [1.807, 2.05) is 18.3 Å². The van der Waals surface area contributed by atoms with Crippen LogP contribution in [0.1, 0.15) is 18.4 Å². The van der Waals surface area contributed by atoms with Crippen molar-refractivity contribution in [3.8, 4) is 11.3 Å². The molecule has 124 valence electrons. The molecule has 1 aliphatic rings. The predicted octanol–water partition coefficient (Wildman–Crippen LogP) is 3.32. The average molecular weight is 343 g/mol. The molecule has 24 heavy (non-hydrogen) atoms. The molecule has 6 heteroatoms. The van der Waals surface area contributed by atoms with Gasteiger partial charge in [0.15, 0.2) is 5.65 Å². The normalized spacial score (nSPS) is 15.9. The van der Waals surface area contributed by atoms with E-state index in [0.29, 0.717) is 17.9 Å². The lowest BCUT2D eigenvalue weighted by Crippen LogP contribution is -2.32. The van der Waals surface area contributed by atoms with Crippen LogP contribution >= 0.6 is 11.6 Å². The van der Waals surface area contributed by atoms with Crippen molar-refractivity contribution in [2.45, 2.75) is 25.6 Å². The van der Waals surface area contributed by atoms with E-state index < -0.39 is 0 Å². The predicted molar refractivity (Wildman–Crippen MR) is 94.1 cm³/mol. The van der Waals surface area contributed by atoms with Crippen LogP contribution in [0.25, 0.3) is 16.9 Å². The number of aromatic nitrogens is 3. The van der Waals surface area contributed by atoms with Crippen LogP contribution in [-0.4, -0.2) is 33.8 Å². The van der Waals surface area contributed by atoms with Gasteiger partial charge in [0.25, 0.3) is 0 Å². The number of fused-ring (bicyclic) bond motifs is 1. The highest BCUT2D eigenvalue weighted by molar-refractivity contribution is 6.29. The molecule has 3 aromatic rings. The number of halogens is 1. The number of hydrogen-bond donors (Lipinski definition) is 1. The summed E-state index contributed by atoms with van der Waals surface area (Å²) in [6.45, 7) is 2.71.